The minimum atomic E-state index is 0.0510. The van der Waals surface area contributed by atoms with Crippen molar-refractivity contribution in [2.75, 3.05) is 13.6 Å². The van der Waals surface area contributed by atoms with E-state index in [0.717, 1.165) is 24.4 Å². The van der Waals surface area contributed by atoms with Crippen LogP contribution in [0.1, 0.15) is 37.8 Å². The molecule has 0 amide bonds. The second-order valence-corrected chi connectivity index (χ2v) is 5.80. The SMILES string of the molecule is CC(c1ccc(Cl)cc1)N(C)CC1(N)CCC1. The van der Waals surface area contributed by atoms with E-state index in [1.807, 2.05) is 12.1 Å². The molecule has 3 heteroatoms. The van der Waals surface area contributed by atoms with E-state index < -0.39 is 0 Å². The van der Waals surface area contributed by atoms with E-state index in [1.54, 1.807) is 0 Å². The lowest BCUT2D eigenvalue weighted by Crippen LogP contribution is -2.54. The van der Waals surface area contributed by atoms with Crippen LogP contribution in [0.25, 0.3) is 0 Å². The molecule has 0 saturated heterocycles. The van der Waals surface area contributed by atoms with Crippen LogP contribution in [-0.4, -0.2) is 24.0 Å². The van der Waals surface area contributed by atoms with Crippen LogP contribution in [0.15, 0.2) is 24.3 Å². The first-order valence-electron chi connectivity index (χ1n) is 6.25. The van der Waals surface area contributed by atoms with Gasteiger partial charge in [-0.15, -0.1) is 0 Å². The van der Waals surface area contributed by atoms with Gasteiger partial charge in [0.2, 0.25) is 0 Å². The first-order valence-corrected chi connectivity index (χ1v) is 6.63. The number of nitrogens with two attached hydrogens (primary N) is 1. The molecule has 1 aromatic rings. The topological polar surface area (TPSA) is 29.3 Å². The lowest BCUT2D eigenvalue weighted by atomic mass is 9.77. The summed E-state index contributed by atoms with van der Waals surface area (Å²) in [4.78, 5) is 2.34. The van der Waals surface area contributed by atoms with Gasteiger partial charge in [0, 0.05) is 23.1 Å². The van der Waals surface area contributed by atoms with Crippen LogP contribution < -0.4 is 5.73 Å². The van der Waals surface area contributed by atoms with Gasteiger partial charge in [0.15, 0.2) is 0 Å². The fourth-order valence-electron chi connectivity index (χ4n) is 2.42. The predicted molar refractivity (Wildman–Crippen MR) is 73.3 cm³/mol. The van der Waals surface area contributed by atoms with E-state index >= 15 is 0 Å². The van der Waals surface area contributed by atoms with Gasteiger partial charge < -0.3 is 5.73 Å². The number of likely N-dealkylation sites (N-methyl/N-ethyl adjacent to an activating group) is 1. The third-order valence-corrected chi connectivity index (χ3v) is 4.18. The number of nitrogens with zero attached hydrogens (tertiary/aromatic N) is 1. The molecule has 0 radical (unpaired) electrons. The van der Waals surface area contributed by atoms with Gasteiger partial charge in [-0.25, -0.2) is 0 Å². The highest BCUT2D eigenvalue weighted by Crippen LogP contribution is 2.32. The van der Waals surface area contributed by atoms with Crippen molar-refractivity contribution in [3.8, 4) is 0 Å². The Labute approximate surface area is 109 Å². The van der Waals surface area contributed by atoms with Gasteiger partial charge in [-0.1, -0.05) is 23.7 Å². The van der Waals surface area contributed by atoms with Gasteiger partial charge in [-0.2, -0.15) is 0 Å². The van der Waals surface area contributed by atoms with Crippen molar-refractivity contribution in [1.82, 2.24) is 4.90 Å². The summed E-state index contributed by atoms with van der Waals surface area (Å²) >= 11 is 5.90. The van der Waals surface area contributed by atoms with Gasteiger partial charge in [0.1, 0.15) is 0 Å². The second kappa shape index (κ2) is 4.97. The highest BCUT2D eigenvalue weighted by atomic mass is 35.5. The molecule has 2 N–H and O–H groups in total. The molecule has 1 fully saturated rings. The average molecular weight is 253 g/mol. The third kappa shape index (κ3) is 3.01. The van der Waals surface area contributed by atoms with E-state index in [9.17, 15) is 0 Å². The van der Waals surface area contributed by atoms with Gasteiger partial charge >= 0.3 is 0 Å². The Morgan fingerprint density at radius 1 is 1.35 bits per heavy atom. The quantitative estimate of drug-likeness (QED) is 0.892. The Morgan fingerprint density at radius 3 is 2.41 bits per heavy atom. The predicted octanol–water partition coefficient (Wildman–Crippen LogP) is 3.21. The molecule has 1 unspecified atom stereocenters. The van der Waals surface area contributed by atoms with Crippen molar-refractivity contribution in [1.29, 1.82) is 0 Å². The van der Waals surface area contributed by atoms with E-state index in [2.05, 4.69) is 31.0 Å². The lowest BCUT2D eigenvalue weighted by Gasteiger charge is -2.42. The molecule has 1 aliphatic carbocycles. The van der Waals surface area contributed by atoms with E-state index in [-0.39, 0.29) is 5.54 Å². The highest BCUT2D eigenvalue weighted by molar-refractivity contribution is 6.30. The zero-order valence-electron chi connectivity index (χ0n) is 10.6. The molecule has 94 valence electrons. The van der Waals surface area contributed by atoms with Gasteiger partial charge in [-0.3, -0.25) is 4.90 Å². The number of hydrogen-bond donors (Lipinski definition) is 1. The molecule has 2 rings (SSSR count). The van der Waals surface area contributed by atoms with Crippen LogP contribution in [0.3, 0.4) is 0 Å². The Kier molecular flexibility index (Phi) is 3.76. The molecular formula is C14H21ClN2. The van der Waals surface area contributed by atoms with Crippen LogP contribution in [0.5, 0.6) is 0 Å². The van der Waals surface area contributed by atoms with Crippen molar-refractivity contribution in [3.63, 3.8) is 0 Å². The normalized spacial score (nSPS) is 20.1. The Morgan fingerprint density at radius 2 is 1.94 bits per heavy atom. The van der Waals surface area contributed by atoms with Crippen molar-refractivity contribution < 1.29 is 0 Å². The molecule has 0 heterocycles. The zero-order chi connectivity index (χ0) is 12.5. The Bertz CT molecular complexity index is 370. The molecule has 1 aromatic carbocycles. The van der Waals surface area contributed by atoms with Gasteiger partial charge in [0.05, 0.1) is 0 Å². The Hall–Kier alpha value is -0.570. The molecule has 17 heavy (non-hydrogen) atoms. The highest BCUT2D eigenvalue weighted by Gasteiger charge is 2.34. The molecule has 1 aliphatic rings. The fourth-order valence-corrected chi connectivity index (χ4v) is 2.54. The summed E-state index contributed by atoms with van der Waals surface area (Å²) in [5, 5.41) is 0.790. The smallest absolute Gasteiger partial charge is 0.0406 e. The first-order chi connectivity index (χ1) is 8.00. The minimum Gasteiger partial charge on any atom is -0.324 e. The maximum absolute atomic E-state index is 6.28. The van der Waals surface area contributed by atoms with Crippen LogP contribution in [0.2, 0.25) is 5.02 Å². The van der Waals surface area contributed by atoms with E-state index in [4.69, 9.17) is 17.3 Å². The first kappa shape index (κ1) is 12.9. The summed E-state index contributed by atoms with van der Waals surface area (Å²) in [5.41, 5.74) is 7.62. The summed E-state index contributed by atoms with van der Waals surface area (Å²) in [6, 6.07) is 8.46. The third-order valence-electron chi connectivity index (χ3n) is 3.93. The standard InChI is InChI=1S/C14H21ClN2/c1-11(12-4-6-13(15)7-5-12)17(2)10-14(16)8-3-9-14/h4-7,11H,3,8-10,16H2,1-2H3. The van der Waals surface area contributed by atoms with Crippen LogP contribution in [0.4, 0.5) is 0 Å². The zero-order valence-corrected chi connectivity index (χ0v) is 11.4. The van der Waals surface area contributed by atoms with Crippen molar-refractivity contribution >= 4 is 11.6 Å². The lowest BCUT2D eigenvalue weighted by molar-refractivity contribution is 0.138. The van der Waals surface area contributed by atoms with Crippen LogP contribution in [0, 0.1) is 0 Å². The van der Waals surface area contributed by atoms with Gasteiger partial charge in [-0.05, 0) is 50.9 Å². The second-order valence-electron chi connectivity index (χ2n) is 5.36. The maximum atomic E-state index is 6.28. The number of benzene rings is 1. The average Bonchev–Trinajstić information content (AvgIpc) is 2.27. The molecule has 0 spiro atoms. The van der Waals surface area contributed by atoms with Crippen molar-refractivity contribution in [2.24, 2.45) is 5.73 Å². The van der Waals surface area contributed by atoms with E-state index in [0.29, 0.717) is 6.04 Å². The summed E-state index contributed by atoms with van der Waals surface area (Å²) in [5.74, 6) is 0. The molecule has 1 atom stereocenters. The van der Waals surface area contributed by atoms with Crippen molar-refractivity contribution in [2.45, 2.75) is 37.8 Å². The summed E-state index contributed by atoms with van der Waals surface area (Å²) in [7, 11) is 2.15. The monoisotopic (exact) mass is 252 g/mol. The maximum Gasteiger partial charge on any atom is 0.0406 e. The summed E-state index contributed by atoms with van der Waals surface area (Å²) < 4.78 is 0. The number of hydrogen-bond acceptors (Lipinski definition) is 2. The molecule has 0 bridgehead atoms. The molecule has 0 aromatic heterocycles. The molecule has 2 nitrogen and oxygen atoms in total. The van der Waals surface area contributed by atoms with E-state index in [1.165, 1.54) is 12.0 Å². The molecule has 1 saturated carbocycles. The number of halogens is 1. The minimum absolute atomic E-state index is 0.0510. The summed E-state index contributed by atoms with van der Waals surface area (Å²) in [6.45, 7) is 3.18. The fraction of sp³-hybridized carbons (Fsp3) is 0.571. The molecule has 0 aliphatic heterocycles. The number of rotatable bonds is 4. The largest absolute Gasteiger partial charge is 0.324 e. The van der Waals surface area contributed by atoms with Crippen molar-refractivity contribution in [3.05, 3.63) is 34.9 Å². The summed E-state index contributed by atoms with van der Waals surface area (Å²) in [6.07, 6.45) is 3.59. The molecular weight excluding hydrogens is 232 g/mol. The van der Waals surface area contributed by atoms with Crippen LogP contribution >= 0.6 is 11.6 Å². The van der Waals surface area contributed by atoms with Crippen LogP contribution in [-0.2, 0) is 0 Å². The Balaban J connectivity index is 1.98. The van der Waals surface area contributed by atoms with Gasteiger partial charge in [0.25, 0.3) is 0 Å².